The van der Waals surface area contributed by atoms with Crippen molar-refractivity contribution in [2.75, 3.05) is 0 Å². The molecule has 0 nitrogen and oxygen atoms in total. The lowest BCUT2D eigenvalue weighted by molar-refractivity contribution is -0.189. The van der Waals surface area contributed by atoms with E-state index in [1.54, 1.807) is 0 Å². The number of hydrogen-bond donors (Lipinski definition) is 0. The van der Waals surface area contributed by atoms with Gasteiger partial charge in [-0.15, -0.1) is 0 Å². The van der Waals surface area contributed by atoms with E-state index in [2.05, 4.69) is 0 Å². The molecule has 0 fully saturated rings. The monoisotopic (exact) mass is 498 g/mol. The molecule has 182 valence electrons. The third-order valence-corrected chi connectivity index (χ3v) is 4.68. The van der Waals surface area contributed by atoms with E-state index in [1.165, 1.54) is 0 Å². The maximum atomic E-state index is 13.6. The molecule has 1 rings (SSSR count). The highest BCUT2D eigenvalue weighted by Crippen LogP contribution is 2.58. The van der Waals surface area contributed by atoms with Crippen LogP contribution in [0.15, 0.2) is 0 Å². The van der Waals surface area contributed by atoms with E-state index < -0.39 is 82.4 Å². The summed E-state index contributed by atoms with van der Waals surface area (Å²) in [5.74, 6) is 0. The molecule has 0 aliphatic heterocycles. The van der Waals surface area contributed by atoms with E-state index in [0.29, 0.717) is 0 Å². The van der Waals surface area contributed by atoms with Gasteiger partial charge in [-0.1, -0.05) is 26.7 Å². The van der Waals surface area contributed by atoms with Gasteiger partial charge >= 0.3 is 30.9 Å². The molecule has 0 saturated carbocycles. The van der Waals surface area contributed by atoms with Crippen LogP contribution in [0.3, 0.4) is 0 Å². The van der Waals surface area contributed by atoms with Gasteiger partial charge in [-0.05, 0) is 10.9 Å². The van der Waals surface area contributed by atoms with Crippen LogP contribution in [0.4, 0.5) is 65.9 Å². The van der Waals surface area contributed by atoms with E-state index in [0.717, 1.165) is 13.8 Å². The average Bonchev–Trinajstić information content (AvgIpc) is 2.54. The van der Waals surface area contributed by atoms with Gasteiger partial charge in [-0.3, -0.25) is 0 Å². The predicted octanol–water partition coefficient (Wildman–Crippen LogP) is 7.96. The van der Waals surface area contributed by atoms with Crippen molar-refractivity contribution in [3.63, 3.8) is 0 Å². The summed E-state index contributed by atoms with van der Waals surface area (Å²) in [7, 11) is 5.38. The molecule has 0 aromatic heterocycles. The van der Waals surface area contributed by atoms with E-state index in [1.807, 2.05) is 0 Å². The van der Waals surface area contributed by atoms with Crippen molar-refractivity contribution in [2.24, 2.45) is 0 Å². The Bertz CT molecular complexity index is 792. The van der Waals surface area contributed by atoms with Gasteiger partial charge in [0.15, 0.2) is 0 Å². The minimum atomic E-state index is -6.91. The van der Waals surface area contributed by atoms with Crippen molar-refractivity contribution in [3.05, 3.63) is 33.4 Å². The van der Waals surface area contributed by atoms with Crippen LogP contribution in [0, 0.1) is 0 Å². The lowest BCUT2D eigenvalue weighted by Gasteiger charge is -2.38. The first-order chi connectivity index (χ1) is 13.9. The summed E-state index contributed by atoms with van der Waals surface area (Å²) in [5, 5.41) is -3.15. The summed E-state index contributed by atoms with van der Waals surface area (Å²) in [6, 6.07) is 0. The highest BCUT2D eigenvalue weighted by molar-refractivity contribution is 6.16. The fourth-order valence-electron chi connectivity index (χ4n) is 3.27. The lowest BCUT2D eigenvalue weighted by atomic mass is 9.57. The molecule has 0 heterocycles. The number of benzene rings is 1. The summed E-state index contributed by atoms with van der Waals surface area (Å²) in [6.07, 6.45) is -35.8. The van der Waals surface area contributed by atoms with Gasteiger partial charge in [0.1, 0.15) is 0 Å². The Morgan fingerprint density at radius 1 is 0.406 bits per heavy atom. The van der Waals surface area contributed by atoms with E-state index >= 15 is 0 Å². The quantitative estimate of drug-likeness (QED) is 0.293. The highest BCUT2D eigenvalue weighted by atomic mass is 19.4. The van der Waals surface area contributed by atoms with Gasteiger partial charge < -0.3 is 0 Å². The van der Waals surface area contributed by atoms with Gasteiger partial charge in [-0.25, -0.2) is 0 Å². The smallest absolute Gasteiger partial charge is 0.166 e. The van der Waals surface area contributed by atoms with E-state index in [-0.39, 0.29) is 0 Å². The molecule has 0 N–H and O–H groups in total. The Hall–Kier alpha value is -1.77. The molecule has 0 aliphatic carbocycles. The average molecular weight is 498 g/mol. The van der Waals surface area contributed by atoms with Crippen molar-refractivity contribution in [1.82, 2.24) is 0 Å². The zero-order valence-electron chi connectivity index (χ0n) is 15.7. The largest absolute Gasteiger partial charge is 0.417 e. The molecule has 2 radical (unpaired) electrons. The third-order valence-electron chi connectivity index (χ3n) is 4.68. The molecule has 0 atom stereocenters. The highest BCUT2D eigenvalue weighted by Gasteiger charge is 2.61. The summed E-state index contributed by atoms with van der Waals surface area (Å²) in [6.45, 7) is 1.50. The van der Waals surface area contributed by atoms with Gasteiger partial charge in [0.2, 0.25) is 0 Å². The second kappa shape index (κ2) is 7.92. The minimum Gasteiger partial charge on any atom is -0.166 e. The van der Waals surface area contributed by atoms with Crippen LogP contribution in [0.25, 0.3) is 0 Å². The first-order valence-corrected chi connectivity index (χ1v) is 8.24. The van der Waals surface area contributed by atoms with Crippen LogP contribution in [-0.4, -0.2) is 7.85 Å². The van der Waals surface area contributed by atoms with Crippen molar-refractivity contribution in [1.29, 1.82) is 0 Å². The first-order valence-electron chi connectivity index (χ1n) is 8.24. The Morgan fingerprint density at radius 3 is 0.688 bits per heavy atom. The van der Waals surface area contributed by atoms with Crippen LogP contribution in [0.1, 0.15) is 60.1 Å². The van der Waals surface area contributed by atoms with E-state index in [9.17, 15) is 65.9 Å². The fraction of sp³-hybridized carbons (Fsp3) is 0.625. The van der Waals surface area contributed by atoms with Crippen LogP contribution >= 0.6 is 0 Å². The van der Waals surface area contributed by atoms with Crippen molar-refractivity contribution in [3.8, 4) is 0 Å². The topological polar surface area (TPSA) is 0 Å². The molecule has 0 unspecified atom stereocenters. The van der Waals surface area contributed by atoms with Gasteiger partial charge in [0.05, 0.1) is 35.7 Å². The number of alkyl halides is 15. The fourth-order valence-corrected chi connectivity index (χ4v) is 3.27. The summed E-state index contributed by atoms with van der Waals surface area (Å²) < 4.78 is 203. The third kappa shape index (κ3) is 5.08. The zero-order chi connectivity index (χ0) is 25.9. The normalized spacial score (nSPS) is 14.8. The van der Waals surface area contributed by atoms with Crippen molar-refractivity contribution < 1.29 is 65.9 Å². The van der Waals surface area contributed by atoms with Crippen LogP contribution < -0.4 is 0 Å². The zero-order valence-corrected chi connectivity index (χ0v) is 15.7. The molecule has 0 spiro atoms. The number of hydrogen-bond acceptors (Lipinski definition) is 0. The Morgan fingerprint density at radius 2 is 0.562 bits per heavy atom. The summed E-state index contributed by atoms with van der Waals surface area (Å²) >= 11 is 0. The van der Waals surface area contributed by atoms with Gasteiger partial charge in [0.25, 0.3) is 0 Å². The number of rotatable bonds is 3. The SMILES string of the molecule is [B]C(CC)(CC)c1c(C(F)(F)F)c(C(F)(F)F)c(C(F)(F)F)c(C(F)(F)F)c1C(F)(F)F. The summed E-state index contributed by atoms with van der Waals surface area (Å²) in [5.41, 5.74) is -21.9. The standard InChI is InChI=1S/C16H10BF15/c1-3-11(17,4-2)5-6(12(18,19)20)8(14(24,25)26)10(16(30,31)32)9(15(27,28)29)7(5)13(21,22)23/h3-4H2,1-2H3. The van der Waals surface area contributed by atoms with Crippen molar-refractivity contribution in [2.45, 2.75) is 62.9 Å². The molecule has 0 saturated heterocycles. The maximum absolute atomic E-state index is 13.6. The second-order valence-electron chi connectivity index (χ2n) is 6.60. The molecule has 1 aromatic carbocycles. The number of halogens is 15. The molecule has 0 bridgehead atoms. The van der Waals surface area contributed by atoms with Crippen molar-refractivity contribution >= 4 is 7.85 Å². The van der Waals surface area contributed by atoms with Gasteiger partial charge in [0, 0.05) is 0 Å². The molecule has 0 amide bonds. The molecular formula is C16H10BF15. The second-order valence-corrected chi connectivity index (χ2v) is 6.60. The van der Waals surface area contributed by atoms with Crippen LogP contribution in [-0.2, 0) is 36.2 Å². The Balaban J connectivity index is 4.94. The molecule has 32 heavy (non-hydrogen) atoms. The Kier molecular flexibility index (Phi) is 7.00. The molecule has 16 heteroatoms. The van der Waals surface area contributed by atoms with Gasteiger partial charge in [-0.2, -0.15) is 65.9 Å². The lowest BCUT2D eigenvalue weighted by Crippen LogP contribution is -2.39. The van der Waals surface area contributed by atoms with Crippen LogP contribution in [0.5, 0.6) is 0 Å². The van der Waals surface area contributed by atoms with E-state index in [4.69, 9.17) is 7.85 Å². The predicted molar refractivity (Wildman–Crippen MR) is 79.5 cm³/mol. The summed E-state index contributed by atoms with van der Waals surface area (Å²) in [4.78, 5) is 0. The van der Waals surface area contributed by atoms with Crippen LogP contribution in [0.2, 0.25) is 0 Å². The first kappa shape index (κ1) is 28.3. The minimum absolute atomic E-state index is 0.752. The molecule has 0 aliphatic rings. The Labute approximate surface area is 171 Å². The molecule has 1 aromatic rings. The maximum Gasteiger partial charge on any atom is 0.417 e. The molecular weight excluding hydrogens is 488 g/mol.